The van der Waals surface area contributed by atoms with E-state index in [1.54, 1.807) is 11.3 Å². The van der Waals surface area contributed by atoms with Crippen LogP contribution in [0.4, 0.5) is 0 Å². The molecule has 2 heteroatoms. The lowest BCUT2D eigenvalue weighted by Gasteiger charge is -2.19. The zero-order valence-corrected chi connectivity index (χ0v) is 20.3. The van der Waals surface area contributed by atoms with E-state index in [4.69, 9.17) is 0 Å². The van der Waals surface area contributed by atoms with Gasteiger partial charge in [0.25, 0.3) is 0 Å². The molecule has 1 atom stereocenters. The maximum atomic E-state index is 13.5. The van der Waals surface area contributed by atoms with Crippen molar-refractivity contribution in [2.75, 3.05) is 0 Å². The van der Waals surface area contributed by atoms with Gasteiger partial charge in [-0.05, 0) is 63.2 Å². The third-order valence-corrected chi connectivity index (χ3v) is 8.33. The van der Waals surface area contributed by atoms with Crippen molar-refractivity contribution in [1.29, 1.82) is 0 Å². The molecular weight excluding hydrogens is 456 g/mol. The van der Waals surface area contributed by atoms with Crippen molar-refractivity contribution in [2.45, 2.75) is 5.92 Å². The monoisotopic (exact) mass is 478 g/mol. The Morgan fingerprint density at radius 1 is 0.556 bits per heavy atom. The van der Waals surface area contributed by atoms with Gasteiger partial charge in [0.15, 0.2) is 5.43 Å². The lowest BCUT2D eigenvalue weighted by atomic mass is 9.84. The van der Waals surface area contributed by atoms with E-state index >= 15 is 0 Å². The van der Waals surface area contributed by atoms with Crippen LogP contribution in [-0.4, -0.2) is 0 Å². The molecule has 1 aromatic heterocycles. The third kappa shape index (κ3) is 3.26. The molecule has 0 spiro atoms. The first-order valence-corrected chi connectivity index (χ1v) is 13.0. The second-order valence-corrected chi connectivity index (χ2v) is 10.3. The largest absolute Gasteiger partial charge is 0.289 e. The van der Waals surface area contributed by atoms with Gasteiger partial charge in [-0.2, -0.15) is 0 Å². The van der Waals surface area contributed by atoms with Gasteiger partial charge in [-0.1, -0.05) is 103 Å². The summed E-state index contributed by atoms with van der Waals surface area (Å²) in [7, 11) is 0. The highest BCUT2D eigenvalue weighted by Gasteiger charge is 2.33. The zero-order chi connectivity index (χ0) is 24.1. The van der Waals surface area contributed by atoms with Crippen LogP contribution in [-0.2, 0) is 0 Å². The molecule has 0 saturated heterocycles. The molecule has 1 aliphatic carbocycles. The van der Waals surface area contributed by atoms with Crippen LogP contribution in [0.3, 0.4) is 0 Å². The first-order chi connectivity index (χ1) is 17.8. The van der Waals surface area contributed by atoms with E-state index in [0.29, 0.717) is 0 Å². The summed E-state index contributed by atoms with van der Waals surface area (Å²) < 4.78 is 2.06. The molecular formula is C34H22OS. The van der Waals surface area contributed by atoms with Crippen LogP contribution in [0.25, 0.3) is 31.3 Å². The number of hydrogen-bond donors (Lipinski definition) is 0. The van der Waals surface area contributed by atoms with Gasteiger partial charge in [0.05, 0.1) is 0 Å². The Bertz CT molecular complexity index is 1850. The Labute approximate surface area is 213 Å². The molecule has 1 unspecified atom stereocenters. The molecule has 0 N–H and O–H groups in total. The predicted molar refractivity (Wildman–Crippen MR) is 153 cm³/mol. The second kappa shape index (κ2) is 8.44. The summed E-state index contributed by atoms with van der Waals surface area (Å²) in [5.74, 6) is 0.0408. The highest BCUT2D eigenvalue weighted by molar-refractivity contribution is 7.24. The summed E-state index contributed by atoms with van der Waals surface area (Å²) in [5.41, 5.74) is 8.79. The van der Waals surface area contributed by atoms with Crippen molar-refractivity contribution >= 4 is 42.7 Å². The Morgan fingerprint density at radius 3 is 2.00 bits per heavy atom. The van der Waals surface area contributed by atoms with Gasteiger partial charge < -0.3 is 0 Å². The van der Waals surface area contributed by atoms with Crippen molar-refractivity contribution < 1.29 is 0 Å². The maximum Gasteiger partial charge on any atom is 0.195 e. The summed E-state index contributed by atoms with van der Waals surface area (Å²) in [5, 5.41) is 1.59. The minimum atomic E-state index is 0.0408. The molecule has 0 saturated carbocycles. The van der Waals surface area contributed by atoms with Crippen LogP contribution in [0.2, 0.25) is 0 Å². The predicted octanol–water partition coefficient (Wildman–Crippen LogP) is 8.52. The molecule has 0 fully saturated rings. The lowest BCUT2D eigenvalue weighted by Crippen LogP contribution is -2.05. The minimum absolute atomic E-state index is 0.0408. The SMILES string of the molecule is O=c1c2ccccc2sc2ccc(C3C(c4ccccc4)=C(c4ccccc4)c4ccccc43)cc12. The van der Waals surface area contributed by atoms with Crippen molar-refractivity contribution in [2.24, 2.45) is 0 Å². The molecule has 7 rings (SSSR count). The number of allylic oxidation sites excluding steroid dienone is 1. The molecule has 36 heavy (non-hydrogen) atoms. The highest BCUT2D eigenvalue weighted by Crippen LogP contribution is 2.52. The Morgan fingerprint density at radius 2 is 1.19 bits per heavy atom. The van der Waals surface area contributed by atoms with Gasteiger partial charge >= 0.3 is 0 Å². The quantitative estimate of drug-likeness (QED) is 0.233. The van der Waals surface area contributed by atoms with Crippen LogP contribution < -0.4 is 5.43 Å². The fourth-order valence-electron chi connectivity index (χ4n) is 5.61. The van der Waals surface area contributed by atoms with E-state index in [1.807, 2.05) is 24.3 Å². The van der Waals surface area contributed by atoms with Crippen LogP contribution in [0, 0.1) is 0 Å². The van der Waals surface area contributed by atoms with E-state index in [1.165, 1.54) is 33.4 Å². The van der Waals surface area contributed by atoms with E-state index in [2.05, 4.69) is 103 Å². The van der Waals surface area contributed by atoms with Crippen LogP contribution in [0.15, 0.2) is 132 Å². The molecule has 0 bridgehead atoms. The highest BCUT2D eigenvalue weighted by atomic mass is 32.1. The standard InChI is InChI=1S/C34H22OS/c35-34-27-17-9-10-18-29(27)36-30-20-19-24(21-28(30)34)32-26-16-8-7-15-25(26)31(22-11-3-1-4-12-22)33(32)23-13-5-2-6-14-23/h1-21,32H. The van der Waals surface area contributed by atoms with Gasteiger partial charge in [-0.25, -0.2) is 0 Å². The molecule has 6 aromatic rings. The number of benzene rings is 5. The molecule has 1 nitrogen and oxygen atoms in total. The van der Waals surface area contributed by atoms with Crippen molar-refractivity contribution in [3.05, 3.63) is 165 Å². The van der Waals surface area contributed by atoms with Gasteiger partial charge in [-0.15, -0.1) is 11.3 Å². The molecule has 5 aromatic carbocycles. The summed E-state index contributed by atoms with van der Waals surface area (Å²) in [6, 6.07) is 44.5. The molecule has 0 amide bonds. The van der Waals surface area contributed by atoms with Crippen LogP contribution in [0.5, 0.6) is 0 Å². The molecule has 0 radical (unpaired) electrons. The summed E-state index contributed by atoms with van der Waals surface area (Å²) in [4.78, 5) is 13.5. The van der Waals surface area contributed by atoms with Crippen molar-refractivity contribution in [3.8, 4) is 0 Å². The zero-order valence-electron chi connectivity index (χ0n) is 19.5. The molecule has 1 aliphatic rings. The smallest absolute Gasteiger partial charge is 0.195 e. The summed E-state index contributed by atoms with van der Waals surface area (Å²) >= 11 is 1.68. The number of hydrogen-bond acceptors (Lipinski definition) is 2. The molecule has 0 aliphatic heterocycles. The topological polar surface area (TPSA) is 17.1 Å². The van der Waals surface area contributed by atoms with Gasteiger partial charge in [-0.3, -0.25) is 4.79 Å². The lowest BCUT2D eigenvalue weighted by molar-refractivity contribution is 1.07. The Kier molecular flexibility index (Phi) is 4.93. The average Bonchev–Trinajstić information content (AvgIpc) is 3.29. The molecule has 170 valence electrons. The first kappa shape index (κ1) is 21.0. The molecule has 1 heterocycles. The van der Waals surface area contributed by atoms with Crippen molar-refractivity contribution in [1.82, 2.24) is 0 Å². The second-order valence-electron chi connectivity index (χ2n) is 9.22. The van der Waals surface area contributed by atoms with Crippen LogP contribution >= 0.6 is 11.3 Å². The fraction of sp³-hybridized carbons (Fsp3) is 0.0294. The Hall–Kier alpha value is -4.27. The van der Waals surface area contributed by atoms with E-state index in [0.717, 1.165) is 25.7 Å². The average molecular weight is 479 g/mol. The van der Waals surface area contributed by atoms with Gasteiger partial charge in [0, 0.05) is 26.1 Å². The maximum absolute atomic E-state index is 13.5. The van der Waals surface area contributed by atoms with Gasteiger partial charge in [0.2, 0.25) is 0 Å². The van der Waals surface area contributed by atoms with E-state index in [9.17, 15) is 4.79 Å². The minimum Gasteiger partial charge on any atom is -0.289 e. The van der Waals surface area contributed by atoms with Crippen molar-refractivity contribution in [3.63, 3.8) is 0 Å². The summed E-state index contributed by atoms with van der Waals surface area (Å²) in [6.07, 6.45) is 0. The fourth-order valence-corrected chi connectivity index (χ4v) is 6.66. The summed E-state index contributed by atoms with van der Waals surface area (Å²) in [6.45, 7) is 0. The van der Waals surface area contributed by atoms with E-state index in [-0.39, 0.29) is 11.3 Å². The first-order valence-electron chi connectivity index (χ1n) is 12.2. The normalized spacial score (nSPS) is 14.9. The Balaban J connectivity index is 1.54. The third-order valence-electron chi connectivity index (χ3n) is 7.18. The van der Waals surface area contributed by atoms with Gasteiger partial charge in [0.1, 0.15) is 0 Å². The van der Waals surface area contributed by atoms with Crippen LogP contribution in [0.1, 0.15) is 33.7 Å². The van der Waals surface area contributed by atoms with E-state index < -0.39 is 0 Å². The number of rotatable bonds is 3. The number of fused-ring (bicyclic) bond motifs is 3.